The molecule has 0 radical (unpaired) electrons. The highest BCUT2D eigenvalue weighted by molar-refractivity contribution is 5.97. The fourth-order valence-corrected chi connectivity index (χ4v) is 2.40. The summed E-state index contributed by atoms with van der Waals surface area (Å²) in [5.74, 6) is -0.968. The Morgan fingerprint density at radius 1 is 1.29 bits per heavy atom. The van der Waals surface area contributed by atoms with Crippen molar-refractivity contribution in [3.8, 4) is 0 Å². The van der Waals surface area contributed by atoms with Crippen LogP contribution in [0.4, 0.5) is 11.4 Å². The molecule has 0 atom stereocenters. The van der Waals surface area contributed by atoms with Gasteiger partial charge in [0.25, 0.3) is 0 Å². The van der Waals surface area contributed by atoms with Crippen LogP contribution in [0.5, 0.6) is 0 Å². The molecular weight excluding hydrogens is 266 g/mol. The van der Waals surface area contributed by atoms with E-state index in [9.17, 15) is 9.90 Å². The number of aromatic carboxylic acids is 1. The Morgan fingerprint density at radius 2 is 2.05 bits per heavy atom. The van der Waals surface area contributed by atoms with E-state index in [2.05, 4.69) is 10.3 Å². The lowest BCUT2D eigenvalue weighted by molar-refractivity contribution is 0.0697. The summed E-state index contributed by atoms with van der Waals surface area (Å²) >= 11 is 0. The highest BCUT2D eigenvalue weighted by atomic mass is 16.4. The SMILES string of the molecule is Cc1ccccc1Nc1c(C(=O)O)cn2ccnc2c1C. The molecule has 3 aromatic rings. The number of benzene rings is 1. The van der Waals surface area contributed by atoms with Crippen molar-refractivity contribution >= 4 is 23.0 Å². The monoisotopic (exact) mass is 281 g/mol. The molecule has 21 heavy (non-hydrogen) atoms. The van der Waals surface area contributed by atoms with E-state index in [-0.39, 0.29) is 5.56 Å². The topological polar surface area (TPSA) is 66.6 Å². The van der Waals surface area contributed by atoms with Crippen molar-refractivity contribution in [2.45, 2.75) is 13.8 Å². The normalized spacial score (nSPS) is 10.8. The maximum absolute atomic E-state index is 11.5. The first-order valence-electron chi connectivity index (χ1n) is 6.60. The molecule has 0 aliphatic rings. The van der Waals surface area contributed by atoms with Crippen molar-refractivity contribution in [2.75, 3.05) is 5.32 Å². The molecule has 0 unspecified atom stereocenters. The van der Waals surface area contributed by atoms with Crippen LogP contribution in [0.2, 0.25) is 0 Å². The first-order chi connectivity index (χ1) is 10.1. The van der Waals surface area contributed by atoms with E-state index >= 15 is 0 Å². The van der Waals surface area contributed by atoms with E-state index in [0.29, 0.717) is 5.69 Å². The minimum atomic E-state index is -0.968. The number of carboxylic acid groups (broad SMARTS) is 1. The summed E-state index contributed by atoms with van der Waals surface area (Å²) in [4.78, 5) is 15.8. The van der Waals surface area contributed by atoms with Crippen molar-refractivity contribution in [1.82, 2.24) is 9.38 Å². The maximum Gasteiger partial charge on any atom is 0.339 e. The van der Waals surface area contributed by atoms with Gasteiger partial charge in [0.15, 0.2) is 0 Å². The zero-order valence-corrected chi connectivity index (χ0v) is 11.8. The van der Waals surface area contributed by atoms with Crippen LogP contribution >= 0.6 is 0 Å². The van der Waals surface area contributed by atoms with Gasteiger partial charge in [0.05, 0.1) is 11.3 Å². The summed E-state index contributed by atoms with van der Waals surface area (Å²) in [6, 6.07) is 7.77. The highest BCUT2D eigenvalue weighted by Crippen LogP contribution is 2.29. The van der Waals surface area contributed by atoms with E-state index in [4.69, 9.17) is 0 Å². The van der Waals surface area contributed by atoms with Gasteiger partial charge in [-0.1, -0.05) is 18.2 Å². The number of para-hydroxylation sites is 1. The predicted octanol–water partition coefficient (Wildman–Crippen LogP) is 3.39. The van der Waals surface area contributed by atoms with Crippen LogP contribution in [0.3, 0.4) is 0 Å². The van der Waals surface area contributed by atoms with Gasteiger partial charge in [0.1, 0.15) is 5.65 Å². The largest absolute Gasteiger partial charge is 0.478 e. The third-order valence-electron chi connectivity index (χ3n) is 3.55. The zero-order valence-electron chi connectivity index (χ0n) is 11.8. The predicted molar refractivity (Wildman–Crippen MR) is 81.4 cm³/mol. The quantitative estimate of drug-likeness (QED) is 0.772. The zero-order chi connectivity index (χ0) is 15.0. The van der Waals surface area contributed by atoms with Gasteiger partial charge in [0, 0.05) is 29.8 Å². The molecule has 2 N–H and O–H groups in total. The van der Waals surface area contributed by atoms with Crippen molar-refractivity contribution in [2.24, 2.45) is 0 Å². The summed E-state index contributed by atoms with van der Waals surface area (Å²) in [5.41, 5.74) is 4.30. The summed E-state index contributed by atoms with van der Waals surface area (Å²) in [6.45, 7) is 3.85. The fourth-order valence-electron chi connectivity index (χ4n) is 2.40. The second kappa shape index (κ2) is 4.94. The molecule has 0 spiro atoms. The number of carbonyl (C=O) groups is 1. The highest BCUT2D eigenvalue weighted by Gasteiger charge is 2.17. The number of fused-ring (bicyclic) bond motifs is 1. The van der Waals surface area contributed by atoms with Crippen LogP contribution < -0.4 is 5.32 Å². The molecule has 0 aliphatic heterocycles. The Hall–Kier alpha value is -2.82. The number of hydrogen-bond acceptors (Lipinski definition) is 3. The van der Waals surface area contributed by atoms with Crippen molar-refractivity contribution in [3.63, 3.8) is 0 Å². The minimum absolute atomic E-state index is 0.223. The minimum Gasteiger partial charge on any atom is -0.478 e. The number of rotatable bonds is 3. The van der Waals surface area contributed by atoms with E-state index in [1.165, 1.54) is 0 Å². The molecule has 106 valence electrons. The lowest BCUT2D eigenvalue weighted by Gasteiger charge is -2.15. The number of carboxylic acids is 1. The van der Waals surface area contributed by atoms with Crippen LogP contribution in [-0.2, 0) is 0 Å². The van der Waals surface area contributed by atoms with Crippen LogP contribution in [0.15, 0.2) is 42.9 Å². The number of nitrogens with zero attached hydrogens (tertiary/aromatic N) is 2. The standard InChI is InChI=1S/C16H15N3O2/c1-10-5-3-4-6-13(10)18-14-11(2)15-17-7-8-19(15)9-12(14)16(20)21/h3-9,18H,1-2H3,(H,20,21). The molecular formula is C16H15N3O2. The second-order valence-electron chi connectivity index (χ2n) is 4.95. The van der Waals surface area contributed by atoms with Crippen LogP contribution in [0, 0.1) is 13.8 Å². The van der Waals surface area contributed by atoms with Gasteiger partial charge in [-0.15, -0.1) is 0 Å². The Labute approximate surface area is 121 Å². The summed E-state index contributed by atoms with van der Waals surface area (Å²) in [7, 11) is 0. The molecule has 0 fully saturated rings. The van der Waals surface area contributed by atoms with Crippen LogP contribution in [0.1, 0.15) is 21.5 Å². The molecule has 3 rings (SSSR count). The number of anilines is 2. The summed E-state index contributed by atoms with van der Waals surface area (Å²) < 4.78 is 1.72. The van der Waals surface area contributed by atoms with Crippen molar-refractivity contribution < 1.29 is 9.90 Å². The average Bonchev–Trinajstić information content (AvgIpc) is 2.92. The molecule has 5 nitrogen and oxygen atoms in total. The first-order valence-corrected chi connectivity index (χ1v) is 6.60. The van der Waals surface area contributed by atoms with Gasteiger partial charge in [-0.25, -0.2) is 9.78 Å². The smallest absolute Gasteiger partial charge is 0.339 e. The molecule has 2 heterocycles. The molecule has 0 saturated heterocycles. The van der Waals surface area contributed by atoms with Crippen LogP contribution in [-0.4, -0.2) is 20.5 Å². The Kier molecular flexibility index (Phi) is 3.10. The average molecular weight is 281 g/mol. The first kappa shape index (κ1) is 13.2. The molecule has 0 bridgehead atoms. The van der Waals surface area contributed by atoms with Crippen LogP contribution in [0.25, 0.3) is 5.65 Å². The maximum atomic E-state index is 11.5. The number of pyridine rings is 1. The molecule has 0 amide bonds. The van der Waals surface area contributed by atoms with Gasteiger partial charge in [-0.3, -0.25) is 0 Å². The number of aromatic nitrogens is 2. The van der Waals surface area contributed by atoms with Gasteiger partial charge in [0.2, 0.25) is 0 Å². The molecule has 0 aliphatic carbocycles. The number of nitrogens with one attached hydrogen (secondary N) is 1. The van der Waals surface area contributed by atoms with E-state index in [0.717, 1.165) is 22.5 Å². The Balaban J connectivity index is 2.20. The van der Waals surface area contributed by atoms with Gasteiger partial charge >= 0.3 is 5.97 Å². The Morgan fingerprint density at radius 3 is 2.76 bits per heavy atom. The lowest BCUT2D eigenvalue weighted by atomic mass is 10.1. The number of imidazole rings is 1. The van der Waals surface area contributed by atoms with Crippen molar-refractivity contribution in [1.29, 1.82) is 0 Å². The van der Waals surface area contributed by atoms with Gasteiger partial charge in [-0.05, 0) is 25.5 Å². The number of hydrogen-bond donors (Lipinski definition) is 2. The third-order valence-corrected chi connectivity index (χ3v) is 3.55. The summed E-state index contributed by atoms with van der Waals surface area (Å²) in [5, 5.41) is 12.7. The Bertz CT molecular complexity index is 837. The second-order valence-corrected chi connectivity index (χ2v) is 4.95. The van der Waals surface area contributed by atoms with Gasteiger partial charge in [-0.2, -0.15) is 0 Å². The third kappa shape index (κ3) is 2.23. The van der Waals surface area contributed by atoms with E-state index in [1.54, 1.807) is 23.0 Å². The number of aryl methyl sites for hydroxylation is 2. The molecule has 2 aromatic heterocycles. The molecule has 0 saturated carbocycles. The van der Waals surface area contributed by atoms with E-state index < -0.39 is 5.97 Å². The molecule has 1 aromatic carbocycles. The lowest BCUT2D eigenvalue weighted by Crippen LogP contribution is -2.08. The van der Waals surface area contributed by atoms with E-state index in [1.807, 2.05) is 38.1 Å². The summed E-state index contributed by atoms with van der Waals surface area (Å²) in [6.07, 6.45) is 4.98. The molecule has 5 heteroatoms. The fraction of sp³-hybridized carbons (Fsp3) is 0.125. The van der Waals surface area contributed by atoms with Crippen molar-refractivity contribution in [3.05, 3.63) is 59.5 Å². The van der Waals surface area contributed by atoms with Gasteiger partial charge < -0.3 is 14.8 Å².